The molecule has 0 bridgehead atoms. The summed E-state index contributed by atoms with van der Waals surface area (Å²) in [6.07, 6.45) is -10.4. The van der Waals surface area contributed by atoms with Crippen LogP contribution in [0.5, 0.6) is 0 Å². The second kappa shape index (κ2) is 17.0. The molecule has 0 aliphatic rings. The van der Waals surface area contributed by atoms with E-state index in [-0.39, 0.29) is 0 Å². The van der Waals surface area contributed by atoms with E-state index in [2.05, 4.69) is 0 Å². The minimum Gasteiger partial charge on any atom is -0.549 e. The molecule has 0 saturated carbocycles. The van der Waals surface area contributed by atoms with Gasteiger partial charge in [-0.3, -0.25) is 9.59 Å². The number of carbonyl (C=O) groups excluding carboxylic acids is 4. The summed E-state index contributed by atoms with van der Waals surface area (Å²) in [7, 11) is 0. The van der Waals surface area contributed by atoms with Crippen molar-refractivity contribution in [2.75, 3.05) is 0 Å². The summed E-state index contributed by atoms with van der Waals surface area (Å²) < 4.78 is 80.1. The summed E-state index contributed by atoms with van der Waals surface area (Å²) in [6, 6.07) is 0. The van der Waals surface area contributed by atoms with Crippen LogP contribution in [0.3, 0.4) is 0 Å². The molecule has 0 aliphatic heterocycles. The van der Waals surface area contributed by atoms with Crippen molar-refractivity contribution in [3.8, 4) is 0 Å². The zero-order valence-electron chi connectivity index (χ0n) is 18.8. The number of halogens is 6. The first-order valence-corrected chi connectivity index (χ1v) is 10.7. The summed E-state index contributed by atoms with van der Waals surface area (Å²) in [4.78, 5) is 40.6. The second-order valence-corrected chi connectivity index (χ2v) is 7.70. The standard InChI is InChI=1S/2C6H7F3O3.2C3H7O.Ti/c2*1-2-3(5(11)12)4(10)6(7,8)9;2*1-3(2)4;/h2*3H,2H2,1H3,(H,11,12);2*3H,1-2H3;/q;;2*-1;+4/p-2. The van der Waals surface area contributed by atoms with Gasteiger partial charge in [0.05, 0.1) is 23.8 Å². The van der Waals surface area contributed by atoms with Crippen molar-refractivity contribution < 1.29 is 82.3 Å². The molecule has 8 nitrogen and oxygen atoms in total. The molecule has 0 rings (SSSR count). The van der Waals surface area contributed by atoms with Gasteiger partial charge in [0, 0.05) is 0 Å². The quantitative estimate of drug-likeness (QED) is 0.235. The average molecular weight is 532 g/mol. The van der Waals surface area contributed by atoms with Gasteiger partial charge in [-0.1, -0.05) is 13.8 Å². The summed E-state index contributed by atoms with van der Waals surface area (Å²) in [5, 5.41) is 20.0. The van der Waals surface area contributed by atoms with Gasteiger partial charge < -0.3 is 19.8 Å². The summed E-state index contributed by atoms with van der Waals surface area (Å²) >= 11 is -0.574. The smallest absolute Gasteiger partial charge is 0.450 e. The zero-order valence-corrected chi connectivity index (χ0v) is 20.3. The number of hydrogen-bond acceptors (Lipinski definition) is 8. The van der Waals surface area contributed by atoms with Crippen LogP contribution in [0, 0.1) is 11.8 Å². The van der Waals surface area contributed by atoms with E-state index in [0.29, 0.717) is 12.2 Å². The molecule has 0 aromatic carbocycles. The van der Waals surface area contributed by atoms with Crippen LogP contribution in [0.1, 0.15) is 54.4 Å². The molecule has 33 heavy (non-hydrogen) atoms. The van der Waals surface area contributed by atoms with E-state index < -0.39 is 80.5 Å². The van der Waals surface area contributed by atoms with Gasteiger partial charge in [-0.15, -0.1) is 0 Å². The van der Waals surface area contributed by atoms with Crippen LogP contribution in [0.15, 0.2) is 0 Å². The van der Waals surface area contributed by atoms with Gasteiger partial charge >= 0.3 is 78.8 Å². The van der Waals surface area contributed by atoms with E-state index in [1.54, 1.807) is 0 Å². The molecule has 0 aromatic rings. The molecule has 0 saturated heterocycles. The van der Waals surface area contributed by atoms with Gasteiger partial charge in [0.1, 0.15) is 0 Å². The normalized spacial score (nSPS) is 13.0. The first kappa shape index (κ1) is 36.1. The first-order chi connectivity index (χ1) is 14.7. The Morgan fingerprint density at radius 1 is 0.697 bits per heavy atom. The number of carbonyl (C=O) groups is 4. The third-order valence-corrected chi connectivity index (χ3v) is 4.92. The Kier molecular flexibility index (Phi) is 18.6. The van der Waals surface area contributed by atoms with Crippen molar-refractivity contribution in [3.05, 3.63) is 0 Å². The molecule has 0 N–H and O–H groups in total. The van der Waals surface area contributed by atoms with Crippen LogP contribution < -0.4 is 10.2 Å². The third kappa shape index (κ3) is 18.6. The molecule has 0 heterocycles. The van der Waals surface area contributed by atoms with E-state index >= 15 is 0 Å². The molecule has 2 atom stereocenters. The number of carboxylic acids is 2. The molecule has 0 amide bonds. The van der Waals surface area contributed by atoms with Crippen LogP contribution in [0.4, 0.5) is 26.3 Å². The maximum absolute atomic E-state index is 11.6. The maximum Gasteiger partial charge on any atom is 0.450 e. The zero-order chi connectivity index (χ0) is 27.2. The molecule has 2 unspecified atom stereocenters. The summed E-state index contributed by atoms with van der Waals surface area (Å²) in [6.45, 7) is 10.4. The van der Waals surface area contributed by atoms with Crippen molar-refractivity contribution in [2.45, 2.75) is 78.9 Å². The molecule has 15 heteroatoms. The Hall–Kier alpha value is -1.51. The first-order valence-electron chi connectivity index (χ1n) is 9.43. The van der Waals surface area contributed by atoms with Crippen LogP contribution >= 0.6 is 0 Å². The van der Waals surface area contributed by atoms with Crippen molar-refractivity contribution in [2.24, 2.45) is 11.8 Å². The van der Waals surface area contributed by atoms with E-state index in [4.69, 9.17) is 6.64 Å². The molecule has 0 fully saturated rings. The Morgan fingerprint density at radius 2 is 0.939 bits per heavy atom. The number of ketones is 2. The third-order valence-electron chi connectivity index (χ3n) is 3.14. The Balaban J connectivity index is -0.000000414. The molecule has 0 aromatic heterocycles. The van der Waals surface area contributed by atoms with Crippen molar-refractivity contribution >= 4 is 23.5 Å². The van der Waals surface area contributed by atoms with Gasteiger partial charge in [-0.25, -0.2) is 0 Å². The van der Waals surface area contributed by atoms with Gasteiger partial charge in [0.25, 0.3) is 0 Å². The molecule has 0 spiro atoms. The number of rotatable bonds is 10. The van der Waals surface area contributed by atoms with Crippen molar-refractivity contribution in [3.63, 3.8) is 0 Å². The van der Waals surface area contributed by atoms with E-state index in [1.807, 2.05) is 27.7 Å². The van der Waals surface area contributed by atoms with Crippen LogP contribution in [-0.4, -0.2) is 48.1 Å². The summed E-state index contributed by atoms with van der Waals surface area (Å²) in [5.74, 6) is -12.6. The van der Waals surface area contributed by atoms with Crippen LogP contribution in [-0.2, 0) is 45.7 Å². The minimum atomic E-state index is -5.10. The largest absolute Gasteiger partial charge is 0.549 e. The number of alkyl halides is 6. The van der Waals surface area contributed by atoms with Gasteiger partial charge in [-0.2, -0.15) is 26.3 Å². The van der Waals surface area contributed by atoms with Gasteiger partial charge in [0.2, 0.25) is 11.6 Å². The average Bonchev–Trinajstić information content (AvgIpc) is 2.61. The monoisotopic (exact) mass is 532 g/mol. The fraction of sp³-hybridized carbons (Fsp3) is 0.778. The van der Waals surface area contributed by atoms with Crippen LogP contribution in [0.2, 0.25) is 0 Å². The molecular formula is C18H26F6O8Ti. The number of hydrogen-bond donors (Lipinski definition) is 0. The topological polar surface area (TPSA) is 133 Å². The SMILES string of the molecule is CC(C)[O][Ti+2][O]C(C)C.CCC(C(=O)[O-])C(=O)C(F)(F)F.CCC(C(=O)[O-])C(=O)C(F)(F)F. The fourth-order valence-electron chi connectivity index (χ4n) is 1.53. The number of carboxylic acid groups (broad SMARTS) is 2. The summed E-state index contributed by atoms with van der Waals surface area (Å²) in [5.41, 5.74) is 0. The van der Waals surface area contributed by atoms with E-state index in [1.165, 1.54) is 13.8 Å². The van der Waals surface area contributed by atoms with Gasteiger partial charge in [-0.05, 0) is 12.8 Å². The Morgan fingerprint density at radius 3 is 1.03 bits per heavy atom. The van der Waals surface area contributed by atoms with Gasteiger partial charge in [0.15, 0.2) is 0 Å². The Bertz CT molecular complexity index is 568. The van der Waals surface area contributed by atoms with Crippen LogP contribution in [0.25, 0.3) is 0 Å². The van der Waals surface area contributed by atoms with E-state index in [0.717, 1.165) is 0 Å². The van der Waals surface area contributed by atoms with Crippen molar-refractivity contribution in [1.82, 2.24) is 0 Å². The second-order valence-electron chi connectivity index (χ2n) is 6.70. The predicted octanol–water partition coefficient (Wildman–Crippen LogP) is 1.54. The number of Topliss-reactive ketones (excluding diaryl/α,β-unsaturated/α-hetero) is 2. The maximum atomic E-state index is 11.6. The fourth-order valence-corrected chi connectivity index (χ4v) is 2.22. The Labute approximate surface area is 196 Å². The number of aliphatic carboxylic acids is 2. The minimum absolute atomic E-state index is 0.323. The molecular weight excluding hydrogens is 506 g/mol. The van der Waals surface area contributed by atoms with E-state index in [9.17, 15) is 55.7 Å². The molecule has 0 radical (unpaired) electrons. The molecule has 192 valence electrons. The molecule has 0 aliphatic carbocycles. The predicted molar refractivity (Wildman–Crippen MR) is 92.1 cm³/mol. The van der Waals surface area contributed by atoms with Crippen molar-refractivity contribution in [1.29, 1.82) is 0 Å².